The molecule has 1 heterocycles. The molecule has 0 atom stereocenters. The molecule has 0 spiro atoms. The van der Waals surface area contributed by atoms with Crippen LogP contribution in [0.3, 0.4) is 0 Å². The number of hydrogen-bond acceptors (Lipinski definition) is 4. The zero-order valence-corrected chi connectivity index (χ0v) is 14.2. The molecule has 0 saturated carbocycles. The molecule has 0 saturated heterocycles. The van der Waals surface area contributed by atoms with Gasteiger partial charge in [-0.3, -0.25) is 4.72 Å². The second-order valence-corrected chi connectivity index (χ2v) is 6.96. The number of aromatic nitrogens is 1. The Bertz CT molecular complexity index is 1010. The van der Waals surface area contributed by atoms with Gasteiger partial charge in [0, 0.05) is 12.3 Å². The van der Waals surface area contributed by atoms with Crippen molar-refractivity contribution in [2.24, 2.45) is 0 Å². The van der Waals surface area contributed by atoms with Crippen LogP contribution in [-0.2, 0) is 16.6 Å². The van der Waals surface area contributed by atoms with E-state index in [2.05, 4.69) is 9.71 Å². The van der Waals surface area contributed by atoms with Crippen molar-refractivity contribution in [3.05, 3.63) is 84.1 Å². The molecule has 2 aromatic carbocycles. The van der Waals surface area contributed by atoms with Gasteiger partial charge < -0.3 is 4.74 Å². The van der Waals surface area contributed by atoms with Crippen LogP contribution >= 0.6 is 0 Å². The molecule has 0 unspecified atom stereocenters. The number of nitrogens with one attached hydrogen (secondary N) is 1. The van der Waals surface area contributed by atoms with Crippen LogP contribution < -0.4 is 9.46 Å². The van der Waals surface area contributed by atoms with Crippen LogP contribution in [0, 0.1) is 11.6 Å². The fourth-order valence-electron chi connectivity index (χ4n) is 2.19. The van der Waals surface area contributed by atoms with E-state index >= 15 is 0 Å². The number of sulfonamides is 1. The van der Waals surface area contributed by atoms with E-state index in [1.54, 1.807) is 6.07 Å². The summed E-state index contributed by atoms with van der Waals surface area (Å²) in [6, 6.07) is 14.6. The Morgan fingerprint density at radius 2 is 1.77 bits per heavy atom. The van der Waals surface area contributed by atoms with Gasteiger partial charge >= 0.3 is 0 Å². The summed E-state index contributed by atoms with van der Waals surface area (Å²) in [6.07, 6.45) is 1.37. The van der Waals surface area contributed by atoms with Crippen LogP contribution in [0.1, 0.15) is 5.56 Å². The summed E-state index contributed by atoms with van der Waals surface area (Å²) in [4.78, 5) is 3.26. The number of rotatable bonds is 6. The lowest BCUT2D eigenvalue weighted by Crippen LogP contribution is -2.16. The first-order chi connectivity index (χ1) is 12.5. The molecule has 26 heavy (non-hydrogen) atoms. The van der Waals surface area contributed by atoms with Crippen molar-refractivity contribution in [2.75, 3.05) is 4.72 Å². The van der Waals surface area contributed by atoms with Crippen LogP contribution in [0.15, 0.2) is 71.8 Å². The zero-order valence-electron chi connectivity index (χ0n) is 13.4. The number of anilines is 1. The third-order valence-corrected chi connectivity index (χ3v) is 4.79. The molecule has 0 aliphatic rings. The largest absolute Gasteiger partial charge is 0.485 e. The zero-order chi connectivity index (χ0) is 18.6. The minimum absolute atomic E-state index is 0.0906. The number of nitrogens with zero attached hydrogens (tertiary/aromatic N) is 1. The van der Waals surface area contributed by atoms with E-state index in [-0.39, 0.29) is 18.2 Å². The lowest BCUT2D eigenvalue weighted by atomic mass is 10.2. The van der Waals surface area contributed by atoms with E-state index in [0.29, 0.717) is 6.07 Å². The van der Waals surface area contributed by atoms with Crippen molar-refractivity contribution in [3.63, 3.8) is 0 Å². The van der Waals surface area contributed by atoms with Crippen molar-refractivity contribution in [1.82, 2.24) is 4.98 Å². The van der Waals surface area contributed by atoms with Crippen LogP contribution in [0.5, 0.6) is 5.75 Å². The Morgan fingerprint density at radius 3 is 2.50 bits per heavy atom. The standard InChI is InChI=1S/C18H14F2N2O3S/c19-14-8-9-17(15(20)11-14)26(23,24)22-18-16(7-4-10-21-18)25-12-13-5-2-1-3-6-13/h1-11H,12H2,(H,21,22). The van der Waals surface area contributed by atoms with Gasteiger partial charge in [0.05, 0.1) is 0 Å². The molecule has 0 amide bonds. The molecule has 1 aromatic heterocycles. The Hall–Kier alpha value is -3.00. The Kier molecular flexibility index (Phi) is 5.13. The van der Waals surface area contributed by atoms with E-state index < -0.39 is 26.6 Å². The van der Waals surface area contributed by atoms with Crippen LogP contribution in [0.25, 0.3) is 0 Å². The highest BCUT2D eigenvalue weighted by Gasteiger charge is 2.22. The summed E-state index contributed by atoms with van der Waals surface area (Å²) >= 11 is 0. The van der Waals surface area contributed by atoms with Gasteiger partial charge in [-0.25, -0.2) is 22.2 Å². The predicted octanol–water partition coefficient (Wildman–Crippen LogP) is 3.74. The predicted molar refractivity (Wildman–Crippen MR) is 92.2 cm³/mol. The van der Waals surface area contributed by atoms with E-state index in [9.17, 15) is 17.2 Å². The second kappa shape index (κ2) is 7.49. The molecule has 3 aromatic rings. The van der Waals surface area contributed by atoms with Crippen LogP contribution in [-0.4, -0.2) is 13.4 Å². The summed E-state index contributed by atoms with van der Waals surface area (Å²) in [5, 5.41) is 0. The summed E-state index contributed by atoms with van der Waals surface area (Å²) in [7, 11) is -4.30. The first-order valence-corrected chi connectivity index (χ1v) is 9.03. The Morgan fingerprint density at radius 1 is 1.00 bits per heavy atom. The Balaban J connectivity index is 1.83. The molecule has 5 nitrogen and oxygen atoms in total. The van der Waals surface area contributed by atoms with E-state index in [4.69, 9.17) is 4.74 Å². The fraction of sp³-hybridized carbons (Fsp3) is 0.0556. The average Bonchev–Trinajstić information content (AvgIpc) is 2.61. The third-order valence-electron chi connectivity index (χ3n) is 3.42. The monoisotopic (exact) mass is 376 g/mol. The third kappa shape index (κ3) is 4.15. The molecule has 0 aliphatic heterocycles. The minimum atomic E-state index is -4.30. The first-order valence-electron chi connectivity index (χ1n) is 7.55. The number of pyridine rings is 1. The van der Waals surface area contributed by atoms with Crippen molar-refractivity contribution in [2.45, 2.75) is 11.5 Å². The number of hydrogen-bond donors (Lipinski definition) is 1. The molecule has 0 radical (unpaired) electrons. The van der Waals surface area contributed by atoms with Crippen molar-refractivity contribution in [3.8, 4) is 5.75 Å². The molecule has 1 N–H and O–H groups in total. The van der Waals surface area contributed by atoms with Crippen molar-refractivity contribution >= 4 is 15.8 Å². The summed E-state index contributed by atoms with van der Waals surface area (Å²) in [6.45, 7) is 0.201. The topological polar surface area (TPSA) is 68.3 Å². The van der Waals surface area contributed by atoms with Gasteiger partial charge in [0.15, 0.2) is 11.6 Å². The summed E-state index contributed by atoms with van der Waals surface area (Å²) in [5.41, 5.74) is 0.884. The van der Waals surface area contributed by atoms with E-state index in [1.165, 1.54) is 12.3 Å². The number of benzene rings is 2. The molecule has 0 aliphatic carbocycles. The van der Waals surface area contributed by atoms with Gasteiger partial charge in [-0.2, -0.15) is 0 Å². The van der Waals surface area contributed by atoms with Crippen LogP contribution in [0.4, 0.5) is 14.6 Å². The van der Waals surface area contributed by atoms with Crippen molar-refractivity contribution < 1.29 is 21.9 Å². The molecule has 134 valence electrons. The molecule has 0 fully saturated rings. The maximum atomic E-state index is 13.8. The van der Waals surface area contributed by atoms with E-state index in [0.717, 1.165) is 17.7 Å². The number of halogens is 2. The lowest BCUT2D eigenvalue weighted by Gasteiger charge is -2.13. The van der Waals surface area contributed by atoms with E-state index in [1.807, 2.05) is 30.3 Å². The maximum Gasteiger partial charge on any atom is 0.266 e. The number of ether oxygens (including phenoxy) is 1. The normalized spacial score (nSPS) is 11.2. The lowest BCUT2D eigenvalue weighted by molar-refractivity contribution is 0.307. The highest BCUT2D eigenvalue weighted by Crippen LogP contribution is 2.26. The SMILES string of the molecule is O=S(=O)(Nc1ncccc1OCc1ccccc1)c1ccc(F)cc1F. The highest BCUT2D eigenvalue weighted by molar-refractivity contribution is 7.92. The molecular weight excluding hydrogens is 362 g/mol. The first kappa shape index (κ1) is 17.8. The smallest absolute Gasteiger partial charge is 0.266 e. The maximum absolute atomic E-state index is 13.8. The van der Waals surface area contributed by atoms with Gasteiger partial charge in [-0.15, -0.1) is 0 Å². The minimum Gasteiger partial charge on any atom is -0.485 e. The molecule has 0 bridgehead atoms. The average molecular weight is 376 g/mol. The second-order valence-electron chi connectivity index (χ2n) is 5.30. The van der Waals surface area contributed by atoms with Gasteiger partial charge in [0.25, 0.3) is 10.0 Å². The molecule has 3 rings (SSSR count). The molecular formula is C18H14F2N2O3S. The van der Waals surface area contributed by atoms with Gasteiger partial charge in [0.2, 0.25) is 0 Å². The van der Waals surface area contributed by atoms with Crippen LogP contribution in [0.2, 0.25) is 0 Å². The quantitative estimate of drug-likeness (QED) is 0.712. The molecule has 8 heteroatoms. The highest BCUT2D eigenvalue weighted by atomic mass is 32.2. The van der Waals surface area contributed by atoms with Gasteiger partial charge in [-0.05, 0) is 29.8 Å². The fourth-order valence-corrected chi connectivity index (χ4v) is 3.28. The summed E-state index contributed by atoms with van der Waals surface area (Å²) in [5.74, 6) is -1.97. The van der Waals surface area contributed by atoms with Crippen molar-refractivity contribution in [1.29, 1.82) is 0 Å². The van der Waals surface area contributed by atoms with Gasteiger partial charge in [0.1, 0.15) is 23.1 Å². The van der Waals surface area contributed by atoms with Gasteiger partial charge in [-0.1, -0.05) is 30.3 Å². The summed E-state index contributed by atoms with van der Waals surface area (Å²) < 4.78 is 59.4. The Labute approximate surface area is 149 Å².